The van der Waals surface area contributed by atoms with Crippen LogP contribution in [0, 0.1) is 6.92 Å². The van der Waals surface area contributed by atoms with Gasteiger partial charge in [-0.1, -0.05) is 31.4 Å². The van der Waals surface area contributed by atoms with Gasteiger partial charge in [0.1, 0.15) is 0 Å². The Kier molecular flexibility index (Phi) is 3.83. The zero-order chi connectivity index (χ0) is 11.4. The second-order valence-corrected chi connectivity index (χ2v) is 4.85. The van der Waals surface area contributed by atoms with Crippen molar-refractivity contribution in [2.24, 2.45) is 0 Å². The molecule has 0 bridgehead atoms. The van der Waals surface area contributed by atoms with Gasteiger partial charge in [-0.25, -0.2) is 0 Å². The van der Waals surface area contributed by atoms with E-state index in [2.05, 4.69) is 18.3 Å². The first-order valence-electron chi connectivity index (χ1n) is 6.34. The maximum absolute atomic E-state index is 5.90. The van der Waals surface area contributed by atoms with Crippen LogP contribution in [-0.2, 0) is 6.54 Å². The SMILES string of the molecule is Cc1c(N)cccc1CNC1CCCCC1. The number of benzene rings is 1. The van der Waals surface area contributed by atoms with E-state index in [-0.39, 0.29) is 0 Å². The molecule has 0 aromatic heterocycles. The van der Waals surface area contributed by atoms with Crippen molar-refractivity contribution in [1.29, 1.82) is 0 Å². The molecule has 0 saturated heterocycles. The lowest BCUT2D eigenvalue weighted by atomic mass is 9.95. The Morgan fingerprint density at radius 2 is 2.00 bits per heavy atom. The minimum atomic E-state index is 0.717. The second-order valence-electron chi connectivity index (χ2n) is 4.85. The number of anilines is 1. The van der Waals surface area contributed by atoms with Gasteiger partial charge in [-0.2, -0.15) is 0 Å². The van der Waals surface area contributed by atoms with Gasteiger partial charge in [-0.15, -0.1) is 0 Å². The second kappa shape index (κ2) is 5.35. The molecule has 1 fully saturated rings. The molecule has 0 atom stereocenters. The van der Waals surface area contributed by atoms with Gasteiger partial charge in [0.15, 0.2) is 0 Å². The number of hydrogen-bond donors (Lipinski definition) is 2. The molecular formula is C14H22N2. The minimum Gasteiger partial charge on any atom is -0.399 e. The third kappa shape index (κ3) is 2.76. The summed E-state index contributed by atoms with van der Waals surface area (Å²) in [5, 5.41) is 3.65. The highest BCUT2D eigenvalue weighted by Gasteiger charge is 2.12. The van der Waals surface area contributed by atoms with Crippen LogP contribution in [0.25, 0.3) is 0 Å². The normalized spacial score (nSPS) is 17.6. The summed E-state index contributed by atoms with van der Waals surface area (Å²) in [7, 11) is 0. The van der Waals surface area contributed by atoms with Crippen LogP contribution in [0.3, 0.4) is 0 Å². The first kappa shape index (κ1) is 11.5. The zero-order valence-corrected chi connectivity index (χ0v) is 10.1. The van der Waals surface area contributed by atoms with Crippen molar-refractivity contribution in [3.63, 3.8) is 0 Å². The molecule has 1 saturated carbocycles. The van der Waals surface area contributed by atoms with Gasteiger partial charge in [0.2, 0.25) is 0 Å². The van der Waals surface area contributed by atoms with Gasteiger partial charge >= 0.3 is 0 Å². The fraction of sp³-hybridized carbons (Fsp3) is 0.571. The summed E-state index contributed by atoms with van der Waals surface area (Å²) in [4.78, 5) is 0. The molecule has 0 unspecified atom stereocenters. The van der Waals surface area contributed by atoms with Crippen molar-refractivity contribution in [2.75, 3.05) is 5.73 Å². The summed E-state index contributed by atoms with van der Waals surface area (Å²) in [6.45, 7) is 3.06. The largest absolute Gasteiger partial charge is 0.399 e. The van der Waals surface area contributed by atoms with Crippen molar-refractivity contribution >= 4 is 5.69 Å². The van der Waals surface area contributed by atoms with E-state index in [0.717, 1.165) is 18.3 Å². The molecule has 2 rings (SSSR count). The summed E-state index contributed by atoms with van der Waals surface area (Å²) in [5.74, 6) is 0. The monoisotopic (exact) mass is 218 g/mol. The quantitative estimate of drug-likeness (QED) is 0.765. The highest BCUT2D eigenvalue weighted by molar-refractivity contribution is 5.49. The summed E-state index contributed by atoms with van der Waals surface area (Å²) in [6, 6.07) is 6.90. The fourth-order valence-electron chi connectivity index (χ4n) is 2.46. The van der Waals surface area contributed by atoms with E-state index in [1.165, 1.54) is 43.2 Å². The van der Waals surface area contributed by atoms with Crippen LogP contribution in [0.2, 0.25) is 0 Å². The molecule has 88 valence electrons. The molecule has 0 heterocycles. The first-order valence-corrected chi connectivity index (χ1v) is 6.34. The topological polar surface area (TPSA) is 38.0 Å². The van der Waals surface area contributed by atoms with E-state index < -0.39 is 0 Å². The summed E-state index contributed by atoms with van der Waals surface area (Å²) in [6.07, 6.45) is 6.85. The molecule has 0 radical (unpaired) electrons. The van der Waals surface area contributed by atoms with Crippen molar-refractivity contribution in [1.82, 2.24) is 5.32 Å². The number of nitrogen functional groups attached to an aromatic ring is 1. The molecule has 2 nitrogen and oxygen atoms in total. The molecule has 0 spiro atoms. The highest BCUT2D eigenvalue weighted by Crippen LogP contribution is 2.19. The highest BCUT2D eigenvalue weighted by atomic mass is 14.9. The number of nitrogens with two attached hydrogens (primary N) is 1. The van der Waals surface area contributed by atoms with E-state index in [1.54, 1.807) is 0 Å². The lowest BCUT2D eigenvalue weighted by molar-refractivity contribution is 0.372. The lowest BCUT2D eigenvalue weighted by Gasteiger charge is -2.23. The molecule has 16 heavy (non-hydrogen) atoms. The molecule has 0 aliphatic heterocycles. The molecule has 1 aliphatic rings. The standard InChI is InChI=1S/C14H22N2/c1-11-12(6-5-9-14(11)15)10-16-13-7-3-2-4-8-13/h5-6,9,13,16H,2-4,7-8,10,15H2,1H3. The molecule has 1 aromatic rings. The maximum Gasteiger partial charge on any atom is 0.0346 e. The van der Waals surface area contributed by atoms with Crippen LogP contribution in [0.1, 0.15) is 43.2 Å². The Balaban J connectivity index is 1.91. The van der Waals surface area contributed by atoms with E-state index in [0.29, 0.717) is 0 Å². The van der Waals surface area contributed by atoms with E-state index in [9.17, 15) is 0 Å². The summed E-state index contributed by atoms with van der Waals surface area (Å²) >= 11 is 0. The van der Waals surface area contributed by atoms with Gasteiger partial charge in [0.05, 0.1) is 0 Å². The van der Waals surface area contributed by atoms with Crippen LogP contribution in [0.4, 0.5) is 5.69 Å². The third-order valence-corrected chi connectivity index (χ3v) is 3.67. The van der Waals surface area contributed by atoms with Crippen molar-refractivity contribution in [3.8, 4) is 0 Å². The van der Waals surface area contributed by atoms with Crippen LogP contribution in [-0.4, -0.2) is 6.04 Å². The Morgan fingerprint density at radius 3 is 2.75 bits per heavy atom. The van der Waals surface area contributed by atoms with Gasteiger partial charge in [0.25, 0.3) is 0 Å². The smallest absolute Gasteiger partial charge is 0.0346 e. The van der Waals surface area contributed by atoms with E-state index in [4.69, 9.17) is 5.73 Å². The molecular weight excluding hydrogens is 196 g/mol. The van der Waals surface area contributed by atoms with Crippen LogP contribution < -0.4 is 11.1 Å². The maximum atomic E-state index is 5.90. The van der Waals surface area contributed by atoms with Gasteiger partial charge in [0, 0.05) is 18.3 Å². The zero-order valence-electron chi connectivity index (χ0n) is 10.1. The number of rotatable bonds is 3. The first-order chi connectivity index (χ1) is 7.77. The predicted octanol–water partition coefficient (Wildman–Crippen LogP) is 3.00. The minimum absolute atomic E-state index is 0.717. The molecule has 1 aliphatic carbocycles. The predicted molar refractivity (Wildman–Crippen MR) is 69.3 cm³/mol. The molecule has 3 N–H and O–H groups in total. The van der Waals surface area contributed by atoms with Crippen LogP contribution >= 0.6 is 0 Å². The average molecular weight is 218 g/mol. The molecule has 0 amide bonds. The Labute approximate surface area is 98.2 Å². The van der Waals surface area contributed by atoms with Crippen molar-refractivity contribution < 1.29 is 0 Å². The average Bonchev–Trinajstić information content (AvgIpc) is 2.32. The van der Waals surface area contributed by atoms with Gasteiger partial charge < -0.3 is 11.1 Å². The van der Waals surface area contributed by atoms with E-state index >= 15 is 0 Å². The Bertz CT molecular complexity index is 341. The van der Waals surface area contributed by atoms with Crippen LogP contribution in [0.15, 0.2) is 18.2 Å². The number of nitrogens with one attached hydrogen (secondary N) is 1. The Hall–Kier alpha value is -1.02. The molecule has 1 aromatic carbocycles. The number of hydrogen-bond acceptors (Lipinski definition) is 2. The van der Waals surface area contributed by atoms with E-state index in [1.807, 2.05) is 12.1 Å². The lowest BCUT2D eigenvalue weighted by Crippen LogP contribution is -2.30. The van der Waals surface area contributed by atoms with Crippen LogP contribution in [0.5, 0.6) is 0 Å². The third-order valence-electron chi connectivity index (χ3n) is 3.67. The summed E-state index contributed by atoms with van der Waals surface area (Å²) in [5.41, 5.74) is 9.37. The van der Waals surface area contributed by atoms with Gasteiger partial charge in [-0.05, 0) is 37.0 Å². The van der Waals surface area contributed by atoms with Crippen molar-refractivity contribution in [2.45, 2.75) is 51.6 Å². The fourth-order valence-corrected chi connectivity index (χ4v) is 2.46. The Morgan fingerprint density at radius 1 is 1.25 bits per heavy atom. The molecule has 2 heteroatoms. The van der Waals surface area contributed by atoms with Crippen molar-refractivity contribution in [3.05, 3.63) is 29.3 Å². The van der Waals surface area contributed by atoms with Gasteiger partial charge in [-0.3, -0.25) is 0 Å². The summed E-state index contributed by atoms with van der Waals surface area (Å²) < 4.78 is 0.